The van der Waals surface area contributed by atoms with Crippen molar-refractivity contribution in [3.63, 3.8) is 0 Å². The SMILES string of the molecule is Cc1ccc(S(=O)(=O)N(CC(=O)NN=Cc2ccc(OCC#N)cc2)c2ccc(F)cc2)cc1. The van der Waals surface area contributed by atoms with E-state index in [1.165, 1.54) is 30.5 Å². The molecule has 0 aliphatic carbocycles. The van der Waals surface area contributed by atoms with E-state index in [2.05, 4.69) is 10.5 Å². The topological polar surface area (TPSA) is 112 Å². The molecule has 0 heterocycles. The van der Waals surface area contributed by atoms with Gasteiger partial charge in [0, 0.05) is 0 Å². The summed E-state index contributed by atoms with van der Waals surface area (Å²) >= 11 is 0. The van der Waals surface area contributed by atoms with Crippen molar-refractivity contribution in [3.05, 3.63) is 89.7 Å². The number of halogens is 1. The molecule has 10 heteroatoms. The molecule has 0 radical (unpaired) electrons. The Morgan fingerprint density at radius 2 is 1.74 bits per heavy atom. The van der Waals surface area contributed by atoms with E-state index in [0.29, 0.717) is 11.3 Å². The van der Waals surface area contributed by atoms with Crippen LogP contribution in [0.25, 0.3) is 0 Å². The Labute approximate surface area is 197 Å². The lowest BCUT2D eigenvalue weighted by molar-refractivity contribution is -0.119. The quantitative estimate of drug-likeness (QED) is 0.373. The first kappa shape index (κ1) is 24.4. The second-order valence-corrected chi connectivity index (χ2v) is 8.97. The Balaban J connectivity index is 1.75. The summed E-state index contributed by atoms with van der Waals surface area (Å²) in [5.74, 6) is -0.709. The van der Waals surface area contributed by atoms with Crippen LogP contribution in [-0.2, 0) is 14.8 Å². The van der Waals surface area contributed by atoms with Crippen LogP contribution in [0.4, 0.5) is 10.1 Å². The van der Waals surface area contributed by atoms with Crippen molar-refractivity contribution in [2.75, 3.05) is 17.5 Å². The monoisotopic (exact) mass is 480 g/mol. The first-order chi connectivity index (χ1) is 16.3. The number of benzene rings is 3. The van der Waals surface area contributed by atoms with Crippen LogP contribution in [0.2, 0.25) is 0 Å². The maximum atomic E-state index is 13.4. The predicted octanol–water partition coefficient (Wildman–Crippen LogP) is 3.38. The number of aryl methyl sites for hydroxylation is 1. The van der Waals surface area contributed by atoms with Crippen molar-refractivity contribution in [2.24, 2.45) is 5.10 Å². The zero-order chi connectivity index (χ0) is 24.6. The normalized spacial score (nSPS) is 11.1. The highest BCUT2D eigenvalue weighted by molar-refractivity contribution is 7.92. The maximum Gasteiger partial charge on any atom is 0.264 e. The largest absolute Gasteiger partial charge is 0.479 e. The van der Waals surface area contributed by atoms with E-state index in [1.807, 2.05) is 13.0 Å². The maximum absolute atomic E-state index is 13.4. The number of nitrogens with zero attached hydrogens (tertiary/aromatic N) is 3. The molecule has 0 aromatic heterocycles. The van der Waals surface area contributed by atoms with Crippen molar-refractivity contribution in [1.82, 2.24) is 5.43 Å². The van der Waals surface area contributed by atoms with Crippen LogP contribution in [0, 0.1) is 24.1 Å². The molecule has 3 rings (SSSR count). The van der Waals surface area contributed by atoms with Gasteiger partial charge in [0.05, 0.1) is 16.8 Å². The van der Waals surface area contributed by atoms with Gasteiger partial charge < -0.3 is 4.74 Å². The van der Waals surface area contributed by atoms with Crippen LogP contribution in [0.15, 0.2) is 82.8 Å². The van der Waals surface area contributed by atoms with Gasteiger partial charge in [0.1, 0.15) is 24.2 Å². The first-order valence-corrected chi connectivity index (χ1v) is 11.5. The number of carbonyl (C=O) groups is 1. The number of hydrogen-bond acceptors (Lipinski definition) is 6. The molecule has 0 saturated heterocycles. The summed E-state index contributed by atoms with van der Waals surface area (Å²) in [7, 11) is -4.11. The van der Waals surface area contributed by atoms with Crippen molar-refractivity contribution in [2.45, 2.75) is 11.8 Å². The van der Waals surface area contributed by atoms with Crippen LogP contribution in [0.1, 0.15) is 11.1 Å². The molecule has 0 aliphatic rings. The van der Waals surface area contributed by atoms with E-state index in [1.54, 1.807) is 36.4 Å². The summed E-state index contributed by atoms with van der Waals surface area (Å²) in [5.41, 5.74) is 3.96. The second kappa shape index (κ2) is 11.1. The van der Waals surface area contributed by atoms with Gasteiger partial charge in [-0.2, -0.15) is 10.4 Å². The Hall–Kier alpha value is -4.23. The fourth-order valence-electron chi connectivity index (χ4n) is 2.87. The molecule has 0 saturated carbocycles. The van der Waals surface area contributed by atoms with Gasteiger partial charge in [-0.05, 0) is 73.2 Å². The number of nitriles is 1. The highest BCUT2D eigenvalue weighted by atomic mass is 32.2. The molecule has 0 bridgehead atoms. The number of rotatable bonds is 9. The van der Waals surface area contributed by atoms with Gasteiger partial charge in [-0.1, -0.05) is 17.7 Å². The number of carbonyl (C=O) groups excluding carboxylic acids is 1. The van der Waals surface area contributed by atoms with Crippen LogP contribution in [0.3, 0.4) is 0 Å². The van der Waals surface area contributed by atoms with Crippen LogP contribution < -0.4 is 14.5 Å². The minimum atomic E-state index is -4.11. The second-order valence-electron chi connectivity index (χ2n) is 7.11. The lowest BCUT2D eigenvalue weighted by Gasteiger charge is -2.23. The molecule has 34 heavy (non-hydrogen) atoms. The van der Waals surface area contributed by atoms with Gasteiger partial charge in [0.2, 0.25) is 0 Å². The van der Waals surface area contributed by atoms with Gasteiger partial charge in [0.25, 0.3) is 15.9 Å². The summed E-state index contributed by atoms with van der Waals surface area (Å²) in [6.07, 6.45) is 1.38. The average Bonchev–Trinajstić information content (AvgIpc) is 2.83. The Morgan fingerprint density at radius 1 is 1.09 bits per heavy atom. The summed E-state index contributed by atoms with van der Waals surface area (Å²) in [6, 6.07) is 19.5. The summed E-state index contributed by atoms with van der Waals surface area (Å²) in [4.78, 5) is 12.5. The molecular formula is C24H21FN4O4S. The lowest BCUT2D eigenvalue weighted by atomic mass is 10.2. The Bertz CT molecular complexity index is 1300. The van der Waals surface area contributed by atoms with E-state index in [0.717, 1.165) is 22.0 Å². The number of hydrogen-bond donors (Lipinski definition) is 1. The highest BCUT2D eigenvalue weighted by Crippen LogP contribution is 2.24. The standard InChI is InChI=1S/C24H21FN4O4S/c1-18-2-12-23(13-3-18)34(31,32)29(21-8-6-20(25)7-9-21)17-24(30)28-27-16-19-4-10-22(11-5-19)33-15-14-26/h2-13,16H,15,17H2,1H3,(H,28,30). The molecule has 1 amide bonds. The Kier molecular flexibility index (Phi) is 7.95. The number of anilines is 1. The fourth-order valence-corrected chi connectivity index (χ4v) is 4.29. The third kappa shape index (κ3) is 6.40. The highest BCUT2D eigenvalue weighted by Gasteiger charge is 2.27. The molecule has 0 fully saturated rings. The van der Waals surface area contributed by atoms with Crippen molar-refractivity contribution in [3.8, 4) is 11.8 Å². The first-order valence-electron chi connectivity index (χ1n) is 10.1. The average molecular weight is 481 g/mol. The van der Waals surface area contributed by atoms with Gasteiger partial charge >= 0.3 is 0 Å². The minimum absolute atomic E-state index is 0.00238. The minimum Gasteiger partial charge on any atom is -0.479 e. The van der Waals surface area contributed by atoms with Crippen molar-refractivity contribution < 1.29 is 22.3 Å². The Morgan fingerprint density at radius 3 is 2.35 bits per heavy atom. The van der Waals surface area contributed by atoms with E-state index >= 15 is 0 Å². The number of sulfonamides is 1. The fraction of sp³-hybridized carbons (Fsp3) is 0.125. The zero-order valence-electron chi connectivity index (χ0n) is 18.2. The lowest BCUT2D eigenvalue weighted by Crippen LogP contribution is -2.39. The molecule has 0 unspecified atom stereocenters. The van der Waals surface area contributed by atoms with E-state index in [-0.39, 0.29) is 17.2 Å². The smallest absolute Gasteiger partial charge is 0.264 e. The molecule has 0 atom stereocenters. The molecule has 3 aromatic carbocycles. The molecule has 3 aromatic rings. The molecule has 8 nitrogen and oxygen atoms in total. The van der Waals surface area contributed by atoms with Crippen LogP contribution >= 0.6 is 0 Å². The number of ether oxygens (including phenoxy) is 1. The molecule has 174 valence electrons. The third-order valence-electron chi connectivity index (χ3n) is 4.60. The zero-order valence-corrected chi connectivity index (χ0v) is 19.0. The summed E-state index contributed by atoms with van der Waals surface area (Å²) in [6.45, 7) is 1.19. The number of amides is 1. The van der Waals surface area contributed by atoms with E-state index in [9.17, 15) is 17.6 Å². The molecule has 0 spiro atoms. The van der Waals surface area contributed by atoms with Gasteiger partial charge in [-0.25, -0.2) is 18.2 Å². The van der Waals surface area contributed by atoms with Crippen molar-refractivity contribution >= 4 is 27.8 Å². The third-order valence-corrected chi connectivity index (χ3v) is 6.39. The summed E-state index contributed by atoms with van der Waals surface area (Å²) < 4.78 is 46.0. The number of hydrazone groups is 1. The van der Waals surface area contributed by atoms with Crippen LogP contribution in [0.5, 0.6) is 5.75 Å². The predicted molar refractivity (Wildman–Crippen MR) is 125 cm³/mol. The van der Waals surface area contributed by atoms with Crippen molar-refractivity contribution in [1.29, 1.82) is 5.26 Å². The van der Waals surface area contributed by atoms with Crippen LogP contribution in [-0.4, -0.2) is 33.7 Å². The van der Waals surface area contributed by atoms with Gasteiger partial charge in [-0.15, -0.1) is 0 Å². The van der Waals surface area contributed by atoms with Gasteiger partial charge in [-0.3, -0.25) is 9.10 Å². The molecular weight excluding hydrogens is 459 g/mol. The van der Waals surface area contributed by atoms with Gasteiger partial charge in [0.15, 0.2) is 6.61 Å². The molecule has 0 aliphatic heterocycles. The number of nitrogens with one attached hydrogen (secondary N) is 1. The summed E-state index contributed by atoms with van der Waals surface area (Å²) in [5, 5.41) is 12.4. The molecule has 1 N–H and O–H groups in total. The van der Waals surface area contributed by atoms with E-state index in [4.69, 9.17) is 10.00 Å². The van der Waals surface area contributed by atoms with E-state index < -0.39 is 28.3 Å².